The predicted octanol–water partition coefficient (Wildman–Crippen LogP) is 2.89. The average molecular weight is 371 g/mol. The van der Waals surface area contributed by atoms with Gasteiger partial charge in [0, 0.05) is 32.7 Å². The standard InChI is InChI=1S/C21H34N6/c1-4-22-21(23-13-9-15-27-14-8-7-10-17(27)2)24-16-20-25-18-11-5-6-12-19(18)26(20)3/h5-6,11-12,17H,4,7-10,13-16H2,1-3H3,(H2,22,23,24). The lowest BCUT2D eigenvalue weighted by Crippen LogP contribution is -2.41. The summed E-state index contributed by atoms with van der Waals surface area (Å²) in [5.74, 6) is 1.85. The Morgan fingerprint density at radius 1 is 1.26 bits per heavy atom. The summed E-state index contributed by atoms with van der Waals surface area (Å²) in [4.78, 5) is 12.1. The quantitative estimate of drug-likeness (QED) is 0.447. The molecule has 6 nitrogen and oxygen atoms in total. The highest BCUT2D eigenvalue weighted by Crippen LogP contribution is 2.16. The van der Waals surface area contributed by atoms with Gasteiger partial charge in [0.15, 0.2) is 5.96 Å². The van der Waals surface area contributed by atoms with Crippen molar-refractivity contribution in [2.45, 2.75) is 52.1 Å². The first-order chi connectivity index (χ1) is 13.2. The molecule has 0 spiro atoms. The number of aliphatic imine (C=N–C) groups is 1. The number of para-hydroxylation sites is 2. The highest BCUT2D eigenvalue weighted by molar-refractivity contribution is 5.80. The first kappa shape index (κ1) is 19.7. The Kier molecular flexibility index (Phi) is 7.10. The van der Waals surface area contributed by atoms with Gasteiger partial charge in [-0.25, -0.2) is 9.98 Å². The second-order valence-corrected chi connectivity index (χ2v) is 7.43. The van der Waals surface area contributed by atoms with Crippen LogP contribution in [0.5, 0.6) is 0 Å². The number of guanidine groups is 1. The third-order valence-corrected chi connectivity index (χ3v) is 5.46. The zero-order valence-corrected chi connectivity index (χ0v) is 17.0. The van der Waals surface area contributed by atoms with Gasteiger partial charge < -0.3 is 20.1 Å². The zero-order chi connectivity index (χ0) is 19.1. The van der Waals surface area contributed by atoms with Crippen LogP contribution in [0.3, 0.4) is 0 Å². The lowest BCUT2D eigenvalue weighted by molar-refractivity contribution is 0.159. The summed E-state index contributed by atoms with van der Waals surface area (Å²) in [5.41, 5.74) is 2.18. The fraction of sp³-hybridized carbons (Fsp3) is 0.619. The molecule has 1 aromatic carbocycles. The highest BCUT2D eigenvalue weighted by Gasteiger charge is 2.17. The lowest BCUT2D eigenvalue weighted by atomic mass is 10.0. The van der Waals surface area contributed by atoms with Gasteiger partial charge in [0.1, 0.15) is 12.4 Å². The molecule has 2 heterocycles. The maximum atomic E-state index is 4.74. The molecule has 1 atom stereocenters. The number of hydrogen-bond acceptors (Lipinski definition) is 3. The summed E-state index contributed by atoms with van der Waals surface area (Å²) in [5, 5.41) is 6.82. The van der Waals surface area contributed by atoms with Crippen LogP contribution in [0.1, 0.15) is 45.4 Å². The van der Waals surface area contributed by atoms with E-state index in [2.05, 4.69) is 47.1 Å². The average Bonchev–Trinajstić information content (AvgIpc) is 3.00. The summed E-state index contributed by atoms with van der Waals surface area (Å²) < 4.78 is 2.13. The normalized spacial score (nSPS) is 18.8. The molecule has 1 aromatic heterocycles. The third kappa shape index (κ3) is 5.22. The molecule has 0 radical (unpaired) electrons. The predicted molar refractivity (Wildman–Crippen MR) is 113 cm³/mol. The van der Waals surface area contributed by atoms with Crippen molar-refractivity contribution in [2.24, 2.45) is 12.0 Å². The largest absolute Gasteiger partial charge is 0.357 e. The topological polar surface area (TPSA) is 57.5 Å². The van der Waals surface area contributed by atoms with Crippen LogP contribution in [-0.4, -0.2) is 52.6 Å². The minimum absolute atomic E-state index is 0.573. The van der Waals surface area contributed by atoms with Crippen molar-refractivity contribution >= 4 is 17.0 Å². The van der Waals surface area contributed by atoms with Gasteiger partial charge in [-0.1, -0.05) is 18.6 Å². The van der Waals surface area contributed by atoms with Crippen LogP contribution in [0.2, 0.25) is 0 Å². The minimum atomic E-state index is 0.573. The Hall–Kier alpha value is -2.08. The summed E-state index contributed by atoms with van der Waals surface area (Å²) in [6.07, 6.45) is 5.21. The Bertz CT molecular complexity index is 750. The molecule has 1 aliphatic rings. The Morgan fingerprint density at radius 2 is 2.11 bits per heavy atom. The van der Waals surface area contributed by atoms with E-state index in [4.69, 9.17) is 9.98 Å². The van der Waals surface area contributed by atoms with E-state index >= 15 is 0 Å². The number of rotatable bonds is 7. The molecule has 3 rings (SSSR count). The summed E-state index contributed by atoms with van der Waals surface area (Å²) in [7, 11) is 2.06. The number of piperidine rings is 1. The Morgan fingerprint density at radius 3 is 2.89 bits per heavy atom. The van der Waals surface area contributed by atoms with Crippen molar-refractivity contribution in [1.29, 1.82) is 0 Å². The minimum Gasteiger partial charge on any atom is -0.357 e. The fourth-order valence-electron chi connectivity index (χ4n) is 3.81. The van der Waals surface area contributed by atoms with E-state index in [0.29, 0.717) is 6.54 Å². The van der Waals surface area contributed by atoms with E-state index in [0.717, 1.165) is 48.4 Å². The molecule has 0 bridgehead atoms. The van der Waals surface area contributed by atoms with Gasteiger partial charge in [-0.3, -0.25) is 0 Å². The molecule has 1 aliphatic heterocycles. The van der Waals surface area contributed by atoms with Crippen molar-refractivity contribution in [3.63, 3.8) is 0 Å². The van der Waals surface area contributed by atoms with E-state index in [1.807, 2.05) is 18.2 Å². The van der Waals surface area contributed by atoms with E-state index in [-0.39, 0.29) is 0 Å². The summed E-state index contributed by atoms with van der Waals surface area (Å²) in [6.45, 7) is 9.25. The fourth-order valence-corrected chi connectivity index (χ4v) is 3.81. The van der Waals surface area contributed by atoms with Crippen molar-refractivity contribution in [1.82, 2.24) is 25.1 Å². The van der Waals surface area contributed by atoms with Crippen molar-refractivity contribution in [3.8, 4) is 0 Å². The van der Waals surface area contributed by atoms with Gasteiger partial charge >= 0.3 is 0 Å². The van der Waals surface area contributed by atoms with Crippen LogP contribution in [0.4, 0.5) is 0 Å². The first-order valence-electron chi connectivity index (χ1n) is 10.4. The number of likely N-dealkylation sites (tertiary alicyclic amines) is 1. The van der Waals surface area contributed by atoms with Gasteiger partial charge in [-0.2, -0.15) is 0 Å². The smallest absolute Gasteiger partial charge is 0.191 e. The first-order valence-corrected chi connectivity index (χ1v) is 10.4. The number of fused-ring (bicyclic) bond motifs is 1. The van der Waals surface area contributed by atoms with Crippen LogP contribution in [-0.2, 0) is 13.6 Å². The molecule has 27 heavy (non-hydrogen) atoms. The monoisotopic (exact) mass is 370 g/mol. The second kappa shape index (κ2) is 9.74. The van der Waals surface area contributed by atoms with Gasteiger partial charge in [-0.05, 0) is 51.8 Å². The number of hydrogen-bond donors (Lipinski definition) is 2. The maximum Gasteiger partial charge on any atom is 0.191 e. The molecule has 1 fully saturated rings. The van der Waals surface area contributed by atoms with E-state index in [1.165, 1.54) is 32.4 Å². The van der Waals surface area contributed by atoms with E-state index < -0.39 is 0 Å². The van der Waals surface area contributed by atoms with E-state index in [1.54, 1.807) is 0 Å². The van der Waals surface area contributed by atoms with E-state index in [9.17, 15) is 0 Å². The van der Waals surface area contributed by atoms with Gasteiger partial charge in [0.25, 0.3) is 0 Å². The lowest BCUT2D eigenvalue weighted by Gasteiger charge is -2.33. The van der Waals surface area contributed by atoms with Crippen molar-refractivity contribution in [3.05, 3.63) is 30.1 Å². The molecule has 0 aliphatic carbocycles. The van der Waals surface area contributed by atoms with Crippen LogP contribution < -0.4 is 10.6 Å². The van der Waals surface area contributed by atoms with Crippen LogP contribution in [0.15, 0.2) is 29.3 Å². The number of nitrogens with one attached hydrogen (secondary N) is 2. The summed E-state index contributed by atoms with van der Waals surface area (Å²) >= 11 is 0. The number of nitrogens with zero attached hydrogens (tertiary/aromatic N) is 4. The number of benzene rings is 1. The van der Waals surface area contributed by atoms with Crippen molar-refractivity contribution in [2.75, 3.05) is 26.2 Å². The van der Waals surface area contributed by atoms with Crippen LogP contribution >= 0.6 is 0 Å². The number of imidazole rings is 1. The van der Waals surface area contributed by atoms with Crippen LogP contribution in [0, 0.1) is 0 Å². The molecule has 1 saturated heterocycles. The van der Waals surface area contributed by atoms with Crippen molar-refractivity contribution < 1.29 is 0 Å². The third-order valence-electron chi connectivity index (χ3n) is 5.46. The number of aryl methyl sites for hydroxylation is 1. The summed E-state index contributed by atoms with van der Waals surface area (Å²) in [6, 6.07) is 8.95. The SMILES string of the molecule is CCNC(=NCc1nc2ccccc2n1C)NCCCN1CCCCC1C. The molecule has 148 valence electrons. The van der Waals surface area contributed by atoms with Gasteiger partial charge in [0.05, 0.1) is 11.0 Å². The number of aromatic nitrogens is 2. The second-order valence-electron chi connectivity index (χ2n) is 7.43. The molecular weight excluding hydrogens is 336 g/mol. The van der Waals surface area contributed by atoms with Gasteiger partial charge in [-0.15, -0.1) is 0 Å². The molecule has 1 unspecified atom stereocenters. The maximum absolute atomic E-state index is 4.74. The Labute approximate surface area is 163 Å². The van der Waals surface area contributed by atoms with Gasteiger partial charge in [0.2, 0.25) is 0 Å². The molecule has 2 N–H and O–H groups in total. The molecule has 6 heteroatoms. The molecule has 0 amide bonds. The molecular formula is C21H34N6. The molecule has 0 saturated carbocycles. The Balaban J connectivity index is 1.52. The van der Waals surface area contributed by atoms with Crippen LogP contribution in [0.25, 0.3) is 11.0 Å². The zero-order valence-electron chi connectivity index (χ0n) is 17.0. The molecule has 2 aromatic rings. The highest BCUT2D eigenvalue weighted by atomic mass is 15.2.